The fourth-order valence-corrected chi connectivity index (χ4v) is 2.28. The minimum atomic E-state index is -1.50. The maximum absolute atomic E-state index is 13.8. The van der Waals surface area contributed by atoms with E-state index in [-0.39, 0.29) is 11.5 Å². The second kappa shape index (κ2) is 5.13. The third-order valence-corrected chi connectivity index (χ3v) is 3.10. The molecule has 0 atom stereocenters. The lowest BCUT2D eigenvalue weighted by Crippen LogP contribution is -2.02. The molecule has 1 N–H and O–H groups in total. The largest absolute Gasteiger partial charge is 0.345 e. The van der Waals surface area contributed by atoms with Gasteiger partial charge < -0.3 is 4.98 Å². The van der Waals surface area contributed by atoms with Gasteiger partial charge in [0.1, 0.15) is 4.64 Å². The molecule has 19 heavy (non-hydrogen) atoms. The number of H-pyrrole nitrogens is 1. The first kappa shape index (κ1) is 13.7. The average molecular weight is 284 g/mol. The molecule has 1 aromatic heterocycles. The molecule has 2 nitrogen and oxygen atoms in total. The predicted molar refractivity (Wildman–Crippen MR) is 68.8 cm³/mol. The number of hydrogen-bond acceptors (Lipinski definition) is 2. The van der Waals surface area contributed by atoms with Crippen molar-refractivity contribution in [1.82, 2.24) is 9.97 Å². The van der Waals surface area contributed by atoms with Crippen molar-refractivity contribution in [2.45, 2.75) is 19.8 Å². The SMILES string of the molecule is CC(C)c1c(-c2ccc(F)c(F)c2F)[nH]cnc1=S. The summed E-state index contributed by atoms with van der Waals surface area (Å²) in [4.78, 5) is 6.68. The van der Waals surface area contributed by atoms with E-state index in [1.165, 1.54) is 12.4 Å². The fraction of sp³-hybridized carbons (Fsp3) is 0.231. The number of hydrogen-bond donors (Lipinski definition) is 1. The summed E-state index contributed by atoms with van der Waals surface area (Å²) in [7, 11) is 0. The Labute approximate surface area is 113 Å². The second-order valence-electron chi connectivity index (χ2n) is 4.37. The van der Waals surface area contributed by atoms with Crippen LogP contribution in [-0.2, 0) is 0 Å². The number of aromatic nitrogens is 2. The lowest BCUT2D eigenvalue weighted by Gasteiger charge is -2.13. The predicted octanol–water partition coefficient (Wildman–Crippen LogP) is 4.35. The van der Waals surface area contributed by atoms with Gasteiger partial charge in [-0.3, -0.25) is 0 Å². The zero-order valence-corrected chi connectivity index (χ0v) is 11.1. The number of nitrogens with zero attached hydrogens (tertiary/aromatic N) is 1. The van der Waals surface area contributed by atoms with Gasteiger partial charge in [0.05, 0.1) is 12.0 Å². The summed E-state index contributed by atoms with van der Waals surface area (Å²) < 4.78 is 40.4. The minimum Gasteiger partial charge on any atom is -0.345 e. The van der Waals surface area contributed by atoms with E-state index in [0.29, 0.717) is 15.9 Å². The Hall–Kier alpha value is -1.69. The van der Waals surface area contributed by atoms with Crippen LogP contribution in [-0.4, -0.2) is 9.97 Å². The Morgan fingerprint density at radius 1 is 1.16 bits per heavy atom. The highest BCUT2D eigenvalue weighted by Crippen LogP contribution is 2.30. The molecule has 100 valence electrons. The highest BCUT2D eigenvalue weighted by atomic mass is 32.1. The number of nitrogens with one attached hydrogen (secondary N) is 1. The quantitative estimate of drug-likeness (QED) is 0.656. The van der Waals surface area contributed by atoms with E-state index in [1.807, 2.05) is 13.8 Å². The third kappa shape index (κ3) is 2.40. The van der Waals surface area contributed by atoms with Gasteiger partial charge in [-0.1, -0.05) is 26.1 Å². The zero-order chi connectivity index (χ0) is 14.2. The molecule has 0 amide bonds. The Kier molecular flexibility index (Phi) is 3.71. The van der Waals surface area contributed by atoms with Crippen molar-refractivity contribution < 1.29 is 13.2 Å². The van der Waals surface area contributed by atoms with E-state index >= 15 is 0 Å². The summed E-state index contributed by atoms with van der Waals surface area (Å²) >= 11 is 5.10. The molecular weight excluding hydrogens is 273 g/mol. The van der Waals surface area contributed by atoms with Crippen LogP contribution in [0.25, 0.3) is 11.3 Å². The van der Waals surface area contributed by atoms with Crippen molar-refractivity contribution in [3.8, 4) is 11.3 Å². The summed E-state index contributed by atoms with van der Waals surface area (Å²) in [6.45, 7) is 3.73. The Bertz CT molecular complexity index is 680. The minimum absolute atomic E-state index is 0.0278. The van der Waals surface area contributed by atoms with E-state index < -0.39 is 17.5 Å². The van der Waals surface area contributed by atoms with Crippen molar-refractivity contribution in [1.29, 1.82) is 0 Å². The Morgan fingerprint density at radius 3 is 2.47 bits per heavy atom. The van der Waals surface area contributed by atoms with Gasteiger partial charge in [-0.15, -0.1) is 0 Å². The number of benzene rings is 1. The number of halogens is 3. The average Bonchev–Trinajstić information content (AvgIpc) is 2.35. The van der Waals surface area contributed by atoms with Crippen LogP contribution in [0.2, 0.25) is 0 Å². The van der Waals surface area contributed by atoms with Crippen molar-refractivity contribution in [2.24, 2.45) is 0 Å². The first-order valence-electron chi connectivity index (χ1n) is 5.65. The maximum atomic E-state index is 13.8. The molecule has 1 heterocycles. The molecule has 0 saturated heterocycles. The van der Waals surface area contributed by atoms with Crippen LogP contribution in [0.5, 0.6) is 0 Å². The molecule has 0 radical (unpaired) electrons. The molecule has 2 rings (SSSR count). The first-order valence-corrected chi connectivity index (χ1v) is 6.05. The van der Waals surface area contributed by atoms with Crippen molar-refractivity contribution >= 4 is 12.2 Å². The lowest BCUT2D eigenvalue weighted by atomic mass is 9.98. The smallest absolute Gasteiger partial charge is 0.195 e. The molecule has 0 aliphatic rings. The van der Waals surface area contributed by atoms with Crippen LogP contribution in [0, 0.1) is 22.1 Å². The standard InChI is InChI=1S/C13H11F3N2S/c1-6(2)9-12(17-5-18-13(9)19)7-3-4-8(14)11(16)10(7)15/h3-6H,1-2H3,(H,17,18,19). The van der Waals surface area contributed by atoms with E-state index in [9.17, 15) is 13.2 Å². The second-order valence-corrected chi connectivity index (χ2v) is 4.76. The zero-order valence-electron chi connectivity index (χ0n) is 10.3. The van der Waals surface area contributed by atoms with Crippen molar-refractivity contribution in [3.05, 3.63) is 46.1 Å². The summed E-state index contributed by atoms with van der Waals surface area (Å²) in [5, 5.41) is 0. The van der Waals surface area contributed by atoms with E-state index in [0.717, 1.165) is 6.07 Å². The van der Waals surface area contributed by atoms with Gasteiger partial charge in [0.15, 0.2) is 17.5 Å². The van der Waals surface area contributed by atoms with Crippen LogP contribution in [0.15, 0.2) is 18.5 Å². The Morgan fingerprint density at radius 2 is 1.84 bits per heavy atom. The Balaban J connectivity index is 2.77. The van der Waals surface area contributed by atoms with Crippen LogP contribution in [0.1, 0.15) is 25.3 Å². The third-order valence-electron chi connectivity index (χ3n) is 2.77. The lowest BCUT2D eigenvalue weighted by molar-refractivity contribution is 0.448. The molecule has 0 fully saturated rings. The topological polar surface area (TPSA) is 28.7 Å². The van der Waals surface area contributed by atoms with Crippen LogP contribution in [0.3, 0.4) is 0 Å². The highest BCUT2D eigenvalue weighted by Gasteiger charge is 2.19. The summed E-state index contributed by atoms with van der Waals surface area (Å²) in [6.07, 6.45) is 1.31. The van der Waals surface area contributed by atoms with E-state index in [1.54, 1.807) is 0 Å². The van der Waals surface area contributed by atoms with E-state index in [2.05, 4.69) is 9.97 Å². The molecule has 0 aliphatic heterocycles. The fourth-order valence-electron chi connectivity index (χ4n) is 1.89. The van der Waals surface area contributed by atoms with Gasteiger partial charge in [-0.2, -0.15) is 0 Å². The highest BCUT2D eigenvalue weighted by molar-refractivity contribution is 7.71. The van der Waals surface area contributed by atoms with Crippen LogP contribution >= 0.6 is 12.2 Å². The molecule has 0 aliphatic carbocycles. The molecule has 0 spiro atoms. The van der Waals surface area contributed by atoms with Crippen molar-refractivity contribution in [3.63, 3.8) is 0 Å². The molecule has 0 saturated carbocycles. The van der Waals surface area contributed by atoms with Gasteiger partial charge >= 0.3 is 0 Å². The number of rotatable bonds is 2. The molecule has 1 aromatic carbocycles. The summed E-state index contributed by atoms with van der Waals surface area (Å²) in [5.74, 6) is -3.98. The van der Waals surface area contributed by atoms with Gasteiger partial charge in [0, 0.05) is 11.1 Å². The normalized spacial score (nSPS) is 11.1. The number of aromatic amines is 1. The first-order chi connectivity index (χ1) is 8.93. The van der Waals surface area contributed by atoms with E-state index in [4.69, 9.17) is 12.2 Å². The molecule has 0 bridgehead atoms. The summed E-state index contributed by atoms with van der Waals surface area (Å²) in [5.41, 5.74) is 0.866. The van der Waals surface area contributed by atoms with Gasteiger partial charge in [0.2, 0.25) is 0 Å². The van der Waals surface area contributed by atoms with Gasteiger partial charge in [-0.25, -0.2) is 18.2 Å². The van der Waals surface area contributed by atoms with Crippen molar-refractivity contribution in [2.75, 3.05) is 0 Å². The molecule has 2 aromatic rings. The summed E-state index contributed by atoms with van der Waals surface area (Å²) in [6, 6.07) is 2.06. The van der Waals surface area contributed by atoms with Gasteiger partial charge in [0.25, 0.3) is 0 Å². The van der Waals surface area contributed by atoms with Crippen LogP contribution < -0.4 is 0 Å². The van der Waals surface area contributed by atoms with Crippen LogP contribution in [0.4, 0.5) is 13.2 Å². The maximum Gasteiger partial charge on any atom is 0.195 e. The molecular formula is C13H11F3N2S. The van der Waals surface area contributed by atoms with Gasteiger partial charge in [-0.05, 0) is 18.1 Å². The molecule has 0 unspecified atom stereocenters. The molecule has 6 heteroatoms. The monoisotopic (exact) mass is 284 g/mol.